The first kappa shape index (κ1) is 37.8. The summed E-state index contributed by atoms with van der Waals surface area (Å²) < 4.78 is 2.63. The first-order chi connectivity index (χ1) is 31.8. The van der Waals surface area contributed by atoms with Gasteiger partial charge < -0.3 is 9.80 Å². The van der Waals surface area contributed by atoms with Crippen LogP contribution in [0.15, 0.2) is 255 Å². The molecule has 1 atom stereocenters. The van der Waals surface area contributed by atoms with Crippen molar-refractivity contribution in [2.24, 2.45) is 0 Å². The topological polar surface area (TPSA) is 6.48 Å². The summed E-state index contributed by atoms with van der Waals surface area (Å²) in [7, 11) is 0. The largest absolute Gasteiger partial charge is 0.310 e. The lowest BCUT2D eigenvalue weighted by Crippen LogP contribution is -2.28. The molecule has 1 heterocycles. The van der Waals surface area contributed by atoms with Crippen molar-refractivity contribution in [1.82, 2.24) is 0 Å². The van der Waals surface area contributed by atoms with E-state index in [9.17, 15) is 0 Å². The second kappa shape index (κ2) is 15.7. The molecule has 1 aliphatic carbocycles. The van der Waals surface area contributed by atoms with Crippen molar-refractivity contribution >= 4 is 65.6 Å². The second-order valence-corrected chi connectivity index (χ2v) is 17.5. The van der Waals surface area contributed by atoms with Crippen LogP contribution in [0.2, 0.25) is 0 Å². The lowest BCUT2D eigenvalue weighted by atomic mass is 9.67. The molecule has 0 N–H and O–H groups in total. The number of nitrogens with zero attached hydrogens (tertiary/aromatic N) is 2. The second-order valence-electron chi connectivity index (χ2n) is 16.4. The quantitative estimate of drug-likeness (QED) is 0.143. The van der Waals surface area contributed by atoms with Gasteiger partial charge in [0.1, 0.15) is 0 Å². The Bertz CT molecular complexity index is 3340. The van der Waals surface area contributed by atoms with Crippen molar-refractivity contribution in [2.75, 3.05) is 9.80 Å². The smallest absolute Gasteiger partial charge is 0.0714 e. The minimum Gasteiger partial charge on any atom is -0.310 e. The summed E-state index contributed by atoms with van der Waals surface area (Å²) in [5.41, 5.74) is 15.9. The van der Waals surface area contributed by atoms with Gasteiger partial charge in [-0.25, -0.2) is 0 Å². The molecule has 0 spiro atoms. The molecule has 12 rings (SSSR count). The van der Waals surface area contributed by atoms with Crippen LogP contribution in [0.5, 0.6) is 0 Å². The Labute approximate surface area is 378 Å². The molecule has 1 unspecified atom stereocenters. The molecule has 11 aromatic rings. The van der Waals surface area contributed by atoms with Gasteiger partial charge >= 0.3 is 0 Å². The molecule has 10 aromatic carbocycles. The first-order valence-corrected chi connectivity index (χ1v) is 22.7. The van der Waals surface area contributed by atoms with E-state index in [0.29, 0.717) is 0 Å². The number of benzene rings is 10. The molecule has 0 fully saturated rings. The maximum atomic E-state index is 2.44. The van der Waals surface area contributed by atoms with Gasteiger partial charge in [0.05, 0.1) is 11.1 Å². The predicted molar refractivity (Wildman–Crippen MR) is 271 cm³/mol. The normalized spacial score (nSPS) is 14.0. The summed E-state index contributed by atoms with van der Waals surface area (Å²) in [5.74, 6) is 0. The van der Waals surface area contributed by atoms with Gasteiger partial charge in [-0.15, -0.1) is 11.3 Å². The van der Waals surface area contributed by atoms with Crippen LogP contribution in [0, 0.1) is 0 Å². The lowest BCUT2D eigenvalue weighted by molar-refractivity contribution is 0.768. The number of hydrogen-bond acceptors (Lipinski definition) is 3. The molecule has 0 amide bonds. The van der Waals surface area contributed by atoms with Crippen LogP contribution in [0.4, 0.5) is 34.1 Å². The van der Waals surface area contributed by atoms with Gasteiger partial charge in [0, 0.05) is 54.2 Å². The van der Waals surface area contributed by atoms with Crippen LogP contribution in [0.1, 0.15) is 22.3 Å². The van der Waals surface area contributed by atoms with Crippen molar-refractivity contribution in [3.05, 3.63) is 277 Å². The van der Waals surface area contributed by atoms with Gasteiger partial charge in [-0.05, 0) is 118 Å². The van der Waals surface area contributed by atoms with E-state index in [1.807, 2.05) is 11.3 Å². The van der Waals surface area contributed by atoms with Crippen molar-refractivity contribution in [1.29, 1.82) is 0 Å². The Morgan fingerprint density at radius 2 is 0.844 bits per heavy atom. The molecule has 0 aliphatic heterocycles. The van der Waals surface area contributed by atoms with Crippen molar-refractivity contribution in [3.63, 3.8) is 0 Å². The van der Waals surface area contributed by atoms with E-state index in [1.54, 1.807) is 0 Å². The van der Waals surface area contributed by atoms with Crippen LogP contribution in [-0.2, 0) is 5.41 Å². The number of rotatable bonds is 9. The minimum atomic E-state index is -0.635. The SMILES string of the molecule is c1ccc(N(c2ccccc2)c2ccc3c(c2)-c2c(N(c4ccccc4)c4ccccc4)cccc2C3(c2ccccc2)c2ccc(-c3cccc4sc5ccccc5c34)cc2)cc1. The monoisotopic (exact) mass is 834 g/mol. The highest BCUT2D eigenvalue weighted by molar-refractivity contribution is 7.25. The van der Waals surface area contributed by atoms with Crippen molar-refractivity contribution < 1.29 is 0 Å². The summed E-state index contributed by atoms with van der Waals surface area (Å²) in [6.07, 6.45) is 0. The first-order valence-electron chi connectivity index (χ1n) is 21.9. The summed E-state index contributed by atoms with van der Waals surface area (Å²) >= 11 is 1.87. The molecule has 1 aliphatic rings. The van der Waals surface area contributed by atoms with Gasteiger partial charge in [0.25, 0.3) is 0 Å². The van der Waals surface area contributed by atoms with Crippen molar-refractivity contribution in [2.45, 2.75) is 5.41 Å². The molecule has 3 heteroatoms. The highest BCUT2D eigenvalue weighted by Gasteiger charge is 2.48. The van der Waals surface area contributed by atoms with E-state index in [-0.39, 0.29) is 0 Å². The van der Waals surface area contributed by atoms with Crippen molar-refractivity contribution in [3.8, 4) is 22.3 Å². The molecule has 0 saturated heterocycles. The number of hydrogen-bond donors (Lipinski definition) is 0. The third kappa shape index (κ3) is 6.08. The van der Waals surface area contributed by atoms with Crippen LogP contribution in [-0.4, -0.2) is 0 Å². The number of para-hydroxylation sites is 4. The van der Waals surface area contributed by atoms with Crippen LogP contribution >= 0.6 is 11.3 Å². The average molecular weight is 835 g/mol. The Hall–Kier alpha value is -7.98. The summed E-state index contributed by atoms with van der Waals surface area (Å²) in [6.45, 7) is 0. The van der Waals surface area contributed by atoms with Gasteiger partial charge in [-0.1, -0.05) is 176 Å². The fourth-order valence-electron chi connectivity index (χ4n) is 10.2. The molecule has 64 heavy (non-hydrogen) atoms. The number of anilines is 6. The van der Waals surface area contributed by atoms with E-state index in [0.717, 1.165) is 34.1 Å². The fraction of sp³-hybridized carbons (Fsp3) is 0.0164. The lowest BCUT2D eigenvalue weighted by Gasteiger charge is -2.35. The fourth-order valence-corrected chi connectivity index (χ4v) is 11.4. The van der Waals surface area contributed by atoms with Gasteiger partial charge in [-0.2, -0.15) is 0 Å². The van der Waals surface area contributed by atoms with Crippen LogP contribution in [0.25, 0.3) is 42.4 Å². The molecule has 0 radical (unpaired) electrons. The standard InChI is InChI=1S/C61H42N2S/c1-6-20-44(21-7-1)61(45-38-36-43(37-39-45)51-31-18-35-58-59(51)52-30-16-17-34-57(52)64-58)54-41-40-50(62(46-22-8-2-9-23-46)47-24-10-3-11-25-47)42-53(54)60-55(61)32-19-33-56(60)63(48-26-12-4-13-27-48)49-28-14-5-15-29-49/h1-42H. The highest BCUT2D eigenvalue weighted by atomic mass is 32.1. The maximum Gasteiger partial charge on any atom is 0.0714 e. The number of thiophene rings is 1. The molecule has 1 aromatic heterocycles. The Balaban J connectivity index is 1.14. The maximum absolute atomic E-state index is 2.44. The zero-order chi connectivity index (χ0) is 42.5. The Kier molecular flexibility index (Phi) is 9.28. The highest BCUT2D eigenvalue weighted by Crippen LogP contribution is 2.60. The zero-order valence-electron chi connectivity index (χ0n) is 35.1. The van der Waals surface area contributed by atoms with Gasteiger partial charge in [0.2, 0.25) is 0 Å². The summed E-state index contributed by atoms with van der Waals surface area (Å²) in [6, 6.07) is 93.3. The van der Waals surface area contributed by atoms with Crippen LogP contribution in [0.3, 0.4) is 0 Å². The summed E-state index contributed by atoms with van der Waals surface area (Å²) in [4.78, 5) is 4.80. The average Bonchev–Trinajstić information content (AvgIpc) is 3.90. The Morgan fingerprint density at radius 3 is 1.47 bits per heavy atom. The van der Waals surface area contributed by atoms with Gasteiger partial charge in [0.15, 0.2) is 0 Å². The Morgan fingerprint density at radius 1 is 0.328 bits per heavy atom. The third-order valence-corrected chi connectivity index (χ3v) is 14.1. The molecular weight excluding hydrogens is 793 g/mol. The zero-order valence-corrected chi connectivity index (χ0v) is 35.9. The van der Waals surface area contributed by atoms with E-state index < -0.39 is 5.41 Å². The number of fused-ring (bicyclic) bond motifs is 6. The van der Waals surface area contributed by atoms with E-state index in [1.165, 1.54) is 64.7 Å². The molecule has 0 saturated carbocycles. The minimum absolute atomic E-state index is 0.635. The van der Waals surface area contributed by atoms with E-state index in [2.05, 4.69) is 265 Å². The molecule has 302 valence electrons. The van der Waals surface area contributed by atoms with E-state index >= 15 is 0 Å². The van der Waals surface area contributed by atoms with E-state index in [4.69, 9.17) is 0 Å². The van der Waals surface area contributed by atoms with Crippen LogP contribution < -0.4 is 9.80 Å². The molecule has 2 nitrogen and oxygen atoms in total. The van der Waals surface area contributed by atoms with Gasteiger partial charge in [-0.3, -0.25) is 0 Å². The predicted octanol–water partition coefficient (Wildman–Crippen LogP) is 17.0. The molecule has 0 bridgehead atoms. The summed E-state index contributed by atoms with van der Waals surface area (Å²) in [5, 5.41) is 2.64. The third-order valence-electron chi connectivity index (χ3n) is 12.9. The molecular formula is C61H42N2S.